The fourth-order valence-electron chi connectivity index (χ4n) is 2.28. The van der Waals surface area contributed by atoms with Gasteiger partial charge in [0.25, 0.3) is 5.56 Å². The molecule has 7 heteroatoms. The van der Waals surface area contributed by atoms with Crippen LogP contribution in [0.4, 0.5) is 5.69 Å². The van der Waals surface area contributed by atoms with Crippen LogP contribution in [-0.2, 0) is 11.2 Å². The van der Waals surface area contributed by atoms with Crippen molar-refractivity contribution in [3.63, 3.8) is 0 Å². The van der Waals surface area contributed by atoms with E-state index < -0.39 is 0 Å². The zero-order chi connectivity index (χ0) is 18.4. The number of H-pyrrole nitrogens is 1. The van der Waals surface area contributed by atoms with E-state index in [9.17, 15) is 14.4 Å². The van der Waals surface area contributed by atoms with Gasteiger partial charge >= 0.3 is 0 Å². The number of carbonyl (C=O) groups is 2. The summed E-state index contributed by atoms with van der Waals surface area (Å²) in [4.78, 5) is 42.6. The SMILES string of the molecule is CCC(=O)Nc1ccc(C(=O)CSc2nc(C)c(CC)c(=O)[nH]2)cc1. The largest absolute Gasteiger partial charge is 0.326 e. The van der Waals surface area contributed by atoms with Crippen molar-refractivity contribution in [2.24, 2.45) is 0 Å². The number of aromatic nitrogens is 2. The summed E-state index contributed by atoms with van der Waals surface area (Å²) in [7, 11) is 0. The first-order chi connectivity index (χ1) is 11.9. The molecule has 1 heterocycles. The minimum atomic E-state index is -0.152. The van der Waals surface area contributed by atoms with Crippen LogP contribution in [-0.4, -0.2) is 27.4 Å². The van der Waals surface area contributed by atoms with Gasteiger partial charge in [0.1, 0.15) is 0 Å². The number of aromatic amines is 1. The maximum atomic E-state index is 12.3. The number of thioether (sulfide) groups is 1. The number of aryl methyl sites for hydroxylation is 1. The molecule has 0 saturated heterocycles. The molecule has 132 valence electrons. The third kappa shape index (κ3) is 5.03. The van der Waals surface area contributed by atoms with Gasteiger partial charge in [-0.2, -0.15) is 0 Å². The Morgan fingerprint density at radius 1 is 1.20 bits per heavy atom. The molecule has 0 bridgehead atoms. The van der Waals surface area contributed by atoms with Crippen LogP contribution in [0.2, 0.25) is 0 Å². The minimum absolute atomic E-state index is 0.0711. The Morgan fingerprint density at radius 3 is 2.44 bits per heavy atom. The summed E-state index contributed by atoms with van der Waals surface area (Å²) in [6.07, 6.45) is 1.03. The number of rotatable bonds is 7. The first-order valence-corrected chi connectivity index (χ1v) is 9.08. The molecule has 0 aliphatic rings. The van der Waals surface area contributed by atoms with E-state index in [0.717, 1.165) is 0 Å². The summed E-state index contributed by atoms with van der Waals surface area (Å²) in [5, 5.41) is 3.18. The molecule has 2 N–H and O–H groups in total. The molecule has 0 aliphatic heterocycles. The molecule has 0 unspecified atom stereocenters. The lowest BCUT2D eigenvalue weighted by Gasteiger charge is -2.06. The van der Waals surface area contributed by atoms with Gasteiger partial charge in [0.2, 0.25) is 5.91 Å². The van der Waals surface area contributed by atoms with Gasteiger partial charge in [0, 0.05) is 28.9 Å². The zero-order valence-corrected chi connectivity index (χ0v) is 15.3. The molecule has 0 spiro atoms. The summed E-state index contributed by atoms with van der Waals surface area (Å²) < 4.78 is 0. The number of nitrogens with zero attached hydrogens (tertiary/aromatic N) is 1. The minimum Gasteiger partial charge on any atom is -0.326 e. The number of hydrogen-bond donors (Lipinski definition) is 2. The van der Waals surface area contributed by atoms with Gasteiger partial charge in [-0.25, -0.2) is 4.98 Å². The molecule has 0 atom stereocenters. The van der Waals surface area contributed by atoms with E-state index >= 15 is 0 Å². The second kappa shape index (κ2) is 8.62. The Labute approximate surface area is 150 Å². The van der Waals surface area contributed by atoms with Crippen LogP contribution in [0.5, 0.6) is 0 Å². The third-order valence-corrected chi connectivity index (χ3v) is 4.58. The zero-order valence-electron chi connectivity index (χ0n) is 14.5. The topological polar surface area (TPSA) is 91.9 Å². The fraction of sp³-hybridized carbons (Fsp3) is 0.333. The van der Waals surface area contributed by atoms with Gasteiger partial charge in [0.15, 0.2) is 10.9 Å². The van der Waals surface area contributed by atoms with Crippen molar-refractivity contribution in [2.75, 3.05) is 11.1 Å². The van der Waals surface area contributed by atoms with Gasteiger partial charge in [-0.3, -0.25) is 14.4 Å². The second-order valence-corrected chi connectivity index (χ2v) is 6.44. The molecular formula is C18H21N3O3S. The van der Waals surface area contributed by atoms with Gasteiger partial charge in [-0.1, -0.05) is 25.6 Å². The van der Waals surface area contributed by atoms with E-state index in [1.165, 1.54) is 11.8 Å². The van der Waals surface area contributed by atoms with E-state index in [2.05, 4.69) is 15.3 Å². The van der Waals surface area contributed by atoms with Crippen molar-refractivity contribution >= 4 is 29.1 Å². The van der Waals surface area contributed by atoms with E-state index in [1.807, 2.05) is 6.92 Å². The van der Waals surface area contributed by atoms with Crippen molar-refractivity contribution in [3.8, 4) is 0 Å². The Balaban J connectivity index is 2.01. The van der Waals surface area contributed by atoms with Crippen LogP contribution < -0.4 is 10.9 Å². The Morgan fingerprint density at radius 2 is 1.88 bits per heavy atom. The summed E-state index contributed by atoms with van der Waals surface area (Å²) in [6, 6.07) is 6.75. The third-order valence-electron chi connectivity index (χ3n) is 3.71. The molecule has 0 saturated carbocycles. The quantitative estimate of drug-likeness (QED) is 0.450. The number of nitrogens with one attached hydrogen (secondary N) is 2. The number of benzene rings is 1. The maximum absolute atomic E-state index is 12.3. The number of hydrogen-bond acceptors (Lipinski definition) is 5. The summed E-state index contributed by atoms with van der Waals surface area (Å²) >= 11 is 1.20. The molecule has 0 aliphatic carbocycles. The van der Waals surface area contributed by atoms with Gasteiger partial charge in [-0.05, 0) is 37.6 Å². The molecule has 1 aromatic carbocycles. The summed E-state index contributed by atoms with van der Waals surface area (Å²) in [6.45, 7) is 5.48. The normalized spacial score (nSPS) is 10.5. The number of Topliss-reactive ketones (excluding diaryl/α,β-unsaturated/α-hetero) is 1. The Hall–Kier alpha value is -2.41. The highest BCUT2D eigenvalue weighted by molar-refractivity contribution is 7.99. The van der Waals surface area contributed by atoms with E-state index in [0.29, 0.717) is 40.5 Å². The molecular weight excluding hydrogens is 338 g/mol. The molecule has 1 aromatic heterocycles. The van der Waals surface area contributed by atoms with E-state index in [-0.39, 0.29) is 23.0 Å². The van der Waals surface area contributed by atoms with Crippen LogP contribution in [0.3, 0.4) is 0 Å². The molecule has 0 radical (unpaired) electrons. The summed E-state index contributed by atoms with van der Waals surface area (Å²) in [5.74, 6) is 0.0305. The van der Waals surface area contributed by atoms with Crippen LogP contribution in [0.1, 0.15) is 41.9 Å². The number of carbonyl (C=O) groups excluding carboxylic acids is 2. The van der Waals surface area contributed by atoms with Gasteiger partial charge in [-0.15, -0.1) is 0 Å². The van der Waals surface area contributed by atoms with Crippen LogP contribution in [0.15, 0.2) is 34.2 Å². The fourth-order valence-corrected chi connectivity index (χ4v) is 3.08. The first kappa shape index (κ1) is 18.9. The molecule has 2 aromatic rings. The highest BCUT2D eigenvalue weighted by Crippen LogP contribution is 2.17. The predicted octanol–water partition coefficient (Wildman–Crippen LogP) is 2.96. The number of ketones is 1. The second-order valence-electron chi connectivity index (χ2n) is 5.48. The monoisotopic (exact) mass is 359 g/mol. The van der Waals surface area contributed by atoms with E-state index in [4.69, 9.17) is 0 Å². The van der Waals surface area contributed by atoms with E-state index in [1.54, 1.807) is 38.1 Å². The maximum Gasteiger partial charge on any atom is 0.254 e. The first-order valence-electron chi connectivity index (χ1n) is 8.10. The standard InChI is InChI=1S/C18H21N3O3S/c1-4-14-11(3)19-18(21-17(14)24)25-10-15(22)12-6-8-13(9-7-12)20-16(23)5-2/h6-9H,4-5,10H2,1-3H3,(H,20,23)(H,19,21,24). The average molecular weight is 359 g/mol. The van der Waals surface area contributed by atoms with Crippen molar-refractivity contribution in [3.05, 3.63) is 51.4 Å². The van der Waals surface area contributed by atoms with Gasteiger partial charge in [0.05, 0.1) is 5.75 Å². The van der Waals surface area contributed by atoms with Gasteiger partial charge < -0.3 is 10.3 Å². The molecule has 0 fully saturated rings. The number of anilines is 1. The van der Waals surface area contributed by atoms with Crippen molar-refractivity contribution in [1.82, 2.24) is 9.97 Å². The smallest absolute Gasteiger partial charge is 0.254 e. The molecule has 25 heavy (non-hydrogen) atoms. The summed E-state index contributed by atoms with van der Waals surface area (Å²) in [5.41, 5.74) is 2.41. The Kier molecular flexibility index (Phi) is 6.52. The lowest BCUT2D eigenvalue weighted by molar-refractivity contribution is -0.115. The van der Waals surface area contributed by atoms with Crippen LogP contribution in [0.25, 0.3) is 0 Å². The molecule has 1 amide bonds. The highest BCUT2D eigenvalue weighted by Gasteiger charge is 2.11. The lowest BCUT2D eigenvalue weighted by Crippen LogP contribution is -2.17. The Bertz CT molecular complexity index is 828. The van der Waals surface area contributed by atoms with Crippen molar-refractivity contribution in [2.45, 2.75) is 38.8 Å². The predicted molar refractivity (Wildman–Crippen MR) is 99.4 cm³/mol. The molecule has 6 nitrogen and oxygen atoms in total. The van der Waals surface area contributed by atoms with Crippen molar-refractivity contribution < 1.29 is 9.59 Å². The lowest BCUT2D eigenvalue weighted by atomic mass is 10.1. The van der Waals surface area contributed by atoms with Crippen molar-refractivity contribution in [1.29, 1.82) is 0 Å². The molecule has 2 rings (SSSR count). The number of amides is 1. The van der Waals surface area contributed by atoms with Crippen LogP contribution in [0, 0.1) is 6.92 Å². The highest BCUT2D eigenvalue weighted by atomic mass is 32.2. The van der Waals surface area contributed by atoms with Crippen LogP contribution >= 0.6 is 11.8 Å². The average Bonchev–Trinajstić information content (AvgIpc) is 2.60.